The molecule has 4 aliphatic rings. The Morgan fingerprint density at radius 1 is 1.34 bits per heavy atom. The third-order valence-corrected chi connectivity index (χ3v) is 11.3. The zero-order valence-electron chi connectivity index (χ0n) is 23.3. The van der Waals surface area contributed by atoms with E-state index in [2.05, 4.69) is 18.4 Å². The molecule has 2 bridgehead atoms. The van der Waals surface area contributed by atoms with Gasteiger partial charge in [0.2, 0.25) is 11.8 Å². The van der Waals surface area contributed by atoms with Crippen molar-refractivity contribution in [1.29, 1.82) is 0 Å². The molecule has 38 heavy (non-hydrogen) atoms. The van der Waals surface area contributed by atoms with Crippen molar-refractivity contribution in [3.05, 3.63) is 12.7 Å². The van der Waals surface area contributed by atoms with E-state index in [1.807, 2.05) is 18.7 Å². The summed E-state index contributed by atoms with van der Waals surface area (Å²) >= 11 is 1.65. The molecule has 2 amide bonds. The van der Waals surface area contributed by atoms with Gasteiger partial charge in [-0.25, -0.2) is 0 Å². The number of thioether (sulfide) groups is 1. The van der Waals surface area contributed by atoms with Crippen LogP contribution in [0.2, 0.25) is 0 Å². The Labute approximate surface area is 231 Å². The second-order valence-electron chi connectivity index (χ2n) is 11.2. The summed E-state index contributed by atoms with van der Waals surface area (Å²) in [4.78, 5) is 47.9. The molecular weight excluding hydrogens is 506 g/mol. The standard InChI is InChI=1S/C28H45N3O6S/c1-6-9-30(11-10-29-12-14-36-15-13-29)26(34)24-28-19(5)16-21(38-28)22(27(35)37-8-3)23(28)25(33)31(24)20(17-32)18(4)7-2/h6,18-24,32H,1,7-17H2,2-5H3/t18-,19?,20-,21-,22+,23-,24?,28?/m0/s1. The van der Waals surface area contributed by atoms with Gasteiger partial charge in [0.25, 0.3) is 0 Å². The summed E-state index contributed by atoms with van der Waals surface area (Å²) in [6.45, 7) is 16.5. The van der Waals surface area contributed by atoms with Crippen molar-refractivity contribution < 1.29 is 29.0 Å². The van der Waals surface area contributed by atoms with Gasteiger partial charge in [-0.2, -0.15) is 0 Å². The smallest absolute Gasteiger partial charge is 0.310 e. The predicted molar refractivity (Wildman–Crippen MR) is 147 cm³/mol. The highest BCUT2D eigenvalue weighted by Gasteiger charge is 2.77. The zero-order chi connectivity index (χ0) is 27.6. The number of hydrogen-bond acceptors (Lipinski definition) is 8. The molecule has 10 heteroatoms. The minimum Gasteiger partial charge on any atom is -0.466 e. The molecule has 0 aromatic rings. The molecule has 0 saturated carbocycles. The van der Waals surface area contributed by atoms with Crippen LogP contribution in [-0.4, -0.2) is 119 Å². The van der Waals surface area contributed by atoms with Gasteiger partial charge >= 0.3 is 5.97 Å². The molecule has 214 valence electrons. The maximum Gasteiger partial charge on any atom is 0.310 e. The highest BCUT2D eigenvalue weighted by atomic mass is 32.2. The Morgan fingerprint density at radius 2 is 2.05 bits per heavy atom. The van der Waals surface area contributed by atoms with Crippen LogP contribution in [0.4, 0.5) is 0 Å². The van der Waals surface area contributed by atoms with Crippen LogP contribution in [0, 0.1) is 23.7 Å². The lowest BCUT2D eigenvalue weighted by Gasteiger charge is -2.43. The van der Waals surface area contributed by atoms with Crippen molar-refractivity contribution in [3.63, 3.8) is 0 Å². The second-order valence-corrected chi connectivity index (χ2v) is 12.8. The Balaban J connectivity index is 1.73. The molecule has 4 saturated heterocycles. The highest BCUT2D eigenvalue weighted by Crippen LogP contribution is 2.69. The van der Waals surface area contributed by atoms with Crippen molar-refractivity contribution in [2.24, 2.45) is 23.7 Å². The molecule has 4 fully saturated rings. The molecule has 3 unspecified atom stereocenters. The van der Waals surface area contributed by atoms with Gasteiger partial charge < -0.3 is 24.4 Å². The van der Waals surface area contributed by atoms with Gasteiger partial charge in [-0.1, -0.05) is 33.3 Å². The Kier molecular flexibility index (Phi) is 9.48. The topological polar surface area (TPSA) is 99.6 Å². The van der Waals surface area contributed by atoms with Gasteiger partial charge in [-0.05, 0) is 25.2 Å². The van der Waals surface area contributed by atoms with E-state index < -0.39 is 28.7 Å². The number of hydrogen-bond donors (Lipinski definition) is 1. The number of likely N-dealkylation sites (tertiary alicyclic amines) is 1. The minimum absolute atomic E-state index is 0.00534. The highest BCUT2D eigenvalue weighted by molar-refractivity contribution is 8.02. The van der Waals surface area contributed by atoms with E-state index in [1.165, 1.54) is 0 Å². The van der Waals surface area contributed by atoms with Gasteiger partial charge in [0.15, 0.2) is 0 Å². The number of carbonyl (C=O) groups is 3. The van der Waals surface area contributed by atoms with Crippen LogP contribution in [0.1, 0.15) is 40.5 Å². The molecule has 4 aliphatic heterocycles. The van der Waals surface area contributed by atoms with Crippen LogP contribution in [0.5, 0.6) is 0 Å². The Hall–Kier alpha value is -1.62. The molecule has 1 spiro atoms. The maximum atomic E-state index is 14.6. The SMILES string of the molecule is C=CCN(CCN1CCOCC1)C(=O)C1N([C@@H](CO)[C@@H](C)CC)C(=O)[C@@H]2[C@H](C(=O)OCC)[C@@H]3CC(C)C12S3. The molecule has 4 rings (SSSR count). The number of carbonyl (C=O) groups excluding carboxylic acids is 3. The summed E-state index contributed by atoms with van der Waals surface area (Å²) in [5, 5.41) is 10.5. The molecule has 8 atom stereocenters. The van der Waals surface area contributed by atoms with Crippen LogP contribution in [0.3, 0.4) is 0 Å². The molecule has 0 aliphatic carbocycles. The van der Waals surface area contributed by atoms with E-state index in [0.29, 0.717) is 32.8 Å². The fourth-order valence-electron chi connectivity index (χ4n) is 7.12. The normalized spacial score (nSPS) is 34.2. The fraction of sp³-hybridized carbons (Fsp3) is 0.821. The second kappa shape index (κ2) is 12.3. The zero-order valence-corrected chi connectivity index (χ0v) is 24.2. The predicted octanol–water partition coefficient (Wildman–Crippen LogP) is 1.64. The van der Waals surface area contributed by atoms with Crippen molar-refractivity contribution in [2.45, 2.75) is 62.6 Å². The van der Waals surface area contributed by atoms with Gasteiger partial charge in [-0.3, -0.25) is 19.3 Å². The summed E-state index contributed by atoms with van der Waals surface area (Å²) in [5.74, 6) is -1.77. The van der Waals surface area contributed by atoms with Crippen LogP contribution >= 0.6 is 11.8 Å². The van der Waals surface area contributed by atoms with Gasteiger partial charge in [0, 0.05) is 38.0 Å². The Bertz CT molecular complexity index is 898. The van der Waals surface area contributed by atoms with E-state index >= 15 is 0 Å². The number of aliphatic hydroxyl groups is 1. The number of morpholine rings is 1. The van der Waals surface area contributed by atoms with Gasteiger partial charge in [0.1, 0.15) is 6.04 Å². The number of ether oxygens (including phenoxy) is 2. The van der Waals surface area contributed by atoms with Crippen LogP contribution in [-0.2, 0) is 23.9 Å². The summed E-state index contributed by atoms with van der Waals surface area (Å²) in [6.07, 6.45) is 3.25. The molecule has 0 aromatic heterocycles. The summed E-state index contributed by atoms with van der Waals surface area (Å²) in [5.41, 5.74) is 0. The number of amides is 2. The van der Waals surface area contributed by atoms with Crippen LogP contribution < -0.4 is 0 Å². The average molecular weight is 552 g/mol. The molecule has 0 radical (unpaired) electrons. The number of rotatable bonds is 12. The van der Waals surface area contributed by atoms with Crippen LogP contribution in [0.15, 0.2) is 12.7 Å². The molecule has 0 aromatic carbocycles. The monoisotopic (exact) mass is 551 g/mol. The average Bonchev–Trinajstić information content (AvgIpc) is 3.51. The molecule has 9 nitrogen and oxygen atoms in total. The van der Waals surface area contributed by atoms with E-state index in [1.54, 1.807) is 29.7 Å². The first kappa shape index (κ1) is 29.4. The summed E-state index contributed by atoms with van der Waals surface area (Å²) < 4.78 is 10.2. The first-order chi connectivity index (χ1) is 18.3. The minimum atomic E-state index is -0.750. The third kappa shape index (κ3) is 4.90. The van der Waals surface area contributed by atoms with Crippen LogP contribution in [0.25, 0.3) is 0 Å². The third-order valence-electron chi connectivity index (χ3n) is 9.27. The first-order valence-electron chi connectivity index (χ1n) is 14.2. The Morgan fingerprint density at radius 3 is 2.66 bits per heavy atom. The van der Waals surface area contributed by atoms with E-state index in [0.717, 1.165) is 25.9 Å². The van der Waals surface area contributed by atoms with E-state index in [-0.39, 0.29) is 48.1 Å². The largest absolute Gasteiger partial charge is 0.466 e. The van der Waals surface area contributed by atoms with E-state index in [9.17, 15) is 19.5 Å². The van der Waals surface area contributed by atoms with Crippen molar-refractivity contribution >= 4 is 29.5 Å². The van der Waals surface area contributed by atoms with E-state index in [4.69, 9.17) is 9.47 Å². The number of nitrogens with zero attached hydrogens (tertiary/aromatic N) is 3. The lowest BCUT2D eigenvalue weighted by atomic mass is 9.66. The van der Waals surface area contributed by atoms with Crippen molar-refractivity contribution in [1.82, 2.24) is 14.7 Å². The molecule has 1 N–H and O–H groups in total. The van der Waals surface area contributed by atoms with Crippen molar-refractivity contribution in [3.8, 4) is 0 Å². The molecular formula is C28H45N3O6S. The molecule has 4 heterocycles. The van der Waals surface area contributed by atoms with Gasteiger partial charge in [0.05, 0.1) is 49.1 Å². The number of esters is 1. The maximum absolute atomic E-state index is 14.6. The summed E-state index contributed by atoms with van der Waals surface area (Å²) in [7, 11) is 0. The van der Waals surface area contributed by atoms with Crippen molar-refractivity contribution in [2.75, 3.05) is 59.2 Å². The quantitative estimate of drug-likeness (QED) is 0.289. The lowest BCUT2D eigenvalue weighted by Crippen LogP contribution is -2.60. The fourth-order valence-corrected chi connectivity index (χ4v) is 9.51. The summed E-state index contributed by atoms with van der Waals surface area (Å²) in [6, 6.07) is -1.25. The number of aliphatic hydroxyl groups excluding tert-OH is 1. The number of fused-ring (bicyclic) bond motifs is 1. The lowest BCUT2D eigenvalue weighted by molar-refractivity contribution is -0.154. The first-order valence-corrected chi connectivity index (χ1v) is 15.1. The van der Waals surface area contributed by atoms with Gasteiger partial charge in [-0.15, -0.1) is 18.3 Å².